The van der Waals surface area contributed by atoms with Gasteiger partial charge in [-0.25, -0.2) is 4.98 Å². The summed E-state index contributed by atoms with van der Waals surface area (Å²) in [5.41, 5.74) is 0.806. The molecule has 0 aromatic carbocycles. The summed E-state index contributed by atoms with van der Waals surface area (Å²) in [5, 5.41) is 6.43. The minimum atomic E-state index is -0.237. The molecule has 0 bridgehead atoms. The number of nitrogens with one attached hydrogen (secondary N) is 1. The van der Waals surface area contributed by atoms with E-state index in [1.54, 1.807) is 11.3 Å². The summed E-state index contributed by atoms with van der Waals surface area (Å²) in [6.07, 6.45) is 1.17. The van der Waals surface area contributed by atoms with Crippen molar-refractivity contribution in [1.82, 2.24) is 15.2 Å². The number of carbonyl (C=O) groups is 1. The van der Waals surface area contributed by atoms with E-state index in [0.29, 0.717) is 0 Å². The first-order valence-electron chi connectivity index (χ1n) is 7.12. The van der Waals surface area contributed by atoms with Crippen LogP contribution in [0.25, 0.3) is 0 Å². The smallest absolute Gasteiger partial charge is 0.311 e. The minimum Gasteiger partial charge on any atom is -0.469 e. The molecule has 6 heteroatoms. The maximum atomic E-state index is 11.1. The fourth-order valence-electron chi connectivity index (χ4n) is 1.86. The zero-order valence-electron chi connectivity index (χ0n) is 12.6. The molecule has 1 heterocycles. The number of aromatic nitrogens is 1. The van der Waals surface area contributed by atoms with Crippen molar-refractivity contribution >= 4 is 17.3 Å². The average Bonchev–Trinajstić information content (AvgIpc) is 2.90. The van der Waals surface area contributed by atoms with Crippen molar-refractivity contribution in [2.45, 2.75) is 26.7 Å². The van der Waals surface area contributed by atoms with Crippen LogP contribution in [0, 0.1) is 0 Å². The van der Waals surface area contributed by atoms with Crippen molar-refractivity contribution in [2.75, 3.05) is 39.8 Å². The normalized spacial score (nSPS) is 11.0. The lowest BCUT2D eigenvalue weighted by Gasteiger charge is -2.17. The highest BCUT2D eigenvalue weighted by atomic mass is 32.1. The largest absolute Gasteiger partial charge is 0.469 e. The fraction of sp³-hybridized carbons (Fsp3) is 0.714. The molecule has 5 nitrogen and oxygen atoms in total. The second-order valence-electron chi connectivity index (χ2n) is 4.51. The molecule has 0 spiro atoms. The van der Waals surface area contributed by atoms with Crippen LogP contribution in [0.15, 0.2) is 5.38 Å². The predicted molar refractivity (Wildman–Crippen MR) is 82.2 cm³/mol. The Bertz CT molecular complexity index is 392. The molecule has 0 aliphatic rings. The minimum absolute atomic E-state index is 0.237. The first-order valence-corrected chi connectivity index (χ1v) is 8.00. The Kier molecular flexibility index (Phi) is 8.41. The summed E-state index contributed by atoms with van der Waals surface area (Å²) in [6, 6.07) is 0. The van der Waals surface area contributed by atoms with Crippen molar-refractivity contribution < 1.29 is 9.53 Å². The van der Waals surface area contributed by atoms with Gasteiger partial charge >= 0.3 is 5.97 Å². The van der Waals surface area contributed by atoms with Crippen molar-refractivity contribution in [2.24, 2.45) is 0 Å². The van der Waals surface area contributed by atoms with Gasteiger partial charge < -0.3 is 15.0 Å². The van der Waals surface area contributed by atoms with Crippen molar-refractivity contribution in [3.8, 4) is 0 Å². The van der Waals surface area contributed by atoms with E-state index in [9.17, 15) is 4.79 Å². The molecule has 1 N–H and O–H groups in total. The van der Waals surface area contributed by atoms with Crippen LogP contribution in [0.3, 0.4) is 0 Å². The third kappa shape index (κ3) is 6.45. The first kappa shape index (κ1) is 17.1. The number of rotatable bonds is 10. The Labute approximate surface area is 125 Å². The van der Waals surface area contributed by atoms with Gasteiger partial charge in [0.2, 0.25) is 0 Å². The molecule has 0 aliphatic heterocycles. The lowest BCUT2D eigenvalue weighted by Crippen LogP contribution is -2.32. The molecule has 114 valence electrons. The van der Waals surface area contributed by atoms with Gasteiger partial charge in [-0.05, 0) is 13.1 Å². The number of hydrogen-bond donors (Lipinski definition) is 1. The molecule has 0 amide bonds. The van der Waals surface area contributed by atoms with Crippen LogP contribution >= 0.6 is 11.3 Å². The quantitative estimate of drug-likeness (QED) is 0.522. The van der Waals surface area contributed by atoms with Gasteiger partial charge in [0.1, 0.15) is 0 Å². The van der Waals surface area contributed by atoms with E-state index < -0.39 is 0 Å². The van der Waals surface area contributed by atoms with E-state index in [2.05, 4.69) is 33.8 Å². The molecule has 20 heavy (non-hydrogen) atoms. The average molecular weight is 299 g/mol. The van der Waals surface area contributed by atoms with Crippen LogP contribution in [0.4, 0.5) is 0 Å². The van der Waals surface area contributed by atoms with Gasteiger partial charge in [-0.3, -0.25) is 4.79 Å². The van der Waals surface area contributed by atoms with Crippen LogP contribution in [0.2, 0.25) is 0 Å². The monoisotopic (exact) mass is 299 g/mol. The number of esters is 1. The Hall–Kier alpha value is -0.980. The molecular weight excluding hydrogens is 274 g/mol. The molecule has 0 saturated carbocycles. The van der Waals surface area contributed by atoms with E-state index in [-0.39, 0.29) is 12.4 Å². The van der Waals surface area contributed by atoms with Crippen LogP contribution in [-0.4, -0.2) is 55.7 Å². The highest BCUT2D eigenvalue weighted by molar-refractivity contribution is 7.09. The maximum absolute atomic E-state index is 11.1. The van der Waals surface area contributed by atoms with Gasteiger partial charge in [0, 0.05) is 31.4 Å². The number of thiazole rings is 1. The van der Waals surface area contributed by atoms with E-state index in [1.165, 1.54) is 7.11 Å². The van der Waals surface area contributed by atoms with Crippen molar-refractivity contribution in [3.05, 3.63) is 16.1 Å². The number of hydrogen-bond acceptors (Lipinski definition) is 6. The number of methoxy groups -OCH3 is 1. The second-order valence-corrected chi connectivity index (χ2v) is 5.46. The first-order chi connectivity index (χ1) is 9.69. The number of ether oxygens (including phenoxy) is 1. The molecule has 1 aromatic rings. The van der Waals surface area contributed by atoms with Crippen LogP contribution in [0.1, 0.15) is 24.5 Å². The Morgan fingerprint density at radius 2 is 2.15 bits per heavy atom. The highest BCUT2D eigenvalue weighted by Gasteiger charge is 2.07. The molecule has 1 rings (SSSR count). The summed E-state index contributed by atoms with van der Waals surface area (Å²) >= 11 is 1.61. The van der Waals surface area contributed by atoms with Gasteiger partial charge in [0.05, 0.1) is 24.2 Å². The molecule has 0 unspecified atom stereocenters. The van der Waals surface area contributed by atoms with E-state index in [0.717, 1.165) is 49.8 Å². The van der Waals surface area contributed by atoms with Crippen molar-refractivity contribution in [3.63, 3.8) is 0 Å². The lowest BCUT2D eigenvalue weighted by atomic mass is 10.3. The SMILES string of the molecule is CCN(CC)CCNCCc1nc(CC(=O)OC)cs1. The summed E-state index contributed by atoms with van der Waals surface area (Å²) in [6.45, 7) is 9.57. The van der Waals surface area contributed by atoms with Crippen LogP contribution in [0.5, 0.6) is 0 Å². The van der Waals surface area contributed by atoms with Gasteiger partial charge in [-0.2, -0.15) is 0 Å². The number of carbonyl (C=O) groups excluding carboxylic acids is 1. The van der Waals surface area contributed by atoms with Crippen LogP contribution < -0.4 is 5.32 Å². The van der Waals surface area contributed by atoms with E-state index >= 15 is 0 Å². The Morgan fingerprint density at radius 3 is 2.80 bits per heavy atom. The van der Waals surface area contributed by atoms with E-state index in [4.69, 9.17) is 0 Å². The zero-order valence-corrected chi connectivity index (χ0v) is 13.5. The molecular formula is C14H25N3O2S. The standard InChI is InChI=1S/C14H25N3O2S/c1-4-17(5-2)9-8-15-7-6-13-16-12(11-20-13)10-14(18)19-3/h11,15H,4-10H2,1-3H3. The third-order valence-corrected chi connectivity index (χ3v) is 4.12. The second kappa shape index (κ2) is 9.85. The van der Waals surface area contributed by atoms with Crippen molar-refractivity contribution in [1.29, 1.82) is 0 Å². The topological polar surface area (TPSA) is 54.5 Å². The van der Waals surface area contributed by atoms with Gasteiger partial charge in [-0.15, -0.1) is 11.3 Å². The highest BCUT2D eigenvalue weighted by Crippen LogP contribution is 2.10. The lowest BCUT2D eigenvalue weighted by molar-refractivity contribution is -0.139. The van der Waals surface area contributed by atoms with Gasteiger partial charge in [0.25, 0.3) is 0 Å². The predicted octanol–water partition coefficient (Wildman–Crippen LogP) is 1.33. The zero-order chi connectivity index (χ0) is 14.8. The molecule has 0 fully saturated rings. The van der Waals surface area contributed by atoms with Crippen LogP contribution in [-0.2, 0) is 22.4 Å². The number of likely N-dealkylation sites (N-methyl/N-ethyl adjacent to an activating group) is 1. The fourth-order valence-corrected chi connectivity index (χ4v) is 2.66. The van der Waals surface area contributed by atoms with Gasteiger partial charge in [-0.1, -0.05) is 13.8 Å². The Balaban J connectivity index is 2.17. The summed E-state index contributed by atoms with van der Waals surface area (Å²) in [4.78, 5) is 18.0. The molecule has 1 aromatic heterocycles. The molecule has 0 saturated heterocycles. The summed E-state index contributed by atoms with van der Waals surface area (Å²) in [7, 11) is 1.40. The molecule has 0 atom stereocenters. The summed E-state index contributed by atoms with van der Waals surface area (Å²) in [5.74, 6) is -0.237. The molecule has 0 radical (unpaired) electrons. The van der Waals surface area contributed by atoms with Gasteiger partial charge in [0.15, 0.2) is 0 Å². The summed E-state index contributed by atoms with van der Waals surface area (Å²) < 4.78 is 4.63. The number of nitrogens with zero attached hydrogens (tertiary/aromatic N) is 2. The molecule has 0 aliphatic carbocycles. The van der Waals surface area contributed by atoms with E-state index in [1.807, 2.05) is 5.38 Å². The Morgan fingerprint density at radius 1 is 1.40 bits per heavy atom. The third-order valence-electron chi connectivity index (χ3n) is 3.17. The maximum Gasteiger partial charge on any atom is 0.311 e.